The predicted octanol–water partition coefficient (Wildman–Crippen LogP) is 4.78. The largest absolute Gasteiger partial charge is 0.462 e. The minimum absolute atomic E-state index is 0.104. The van der Waals surface area contributed by atoms with E-state index < -0.39 is 0 Å². The highest BCUT2D eigenvalue weighted by Gasteiger charge is 2.65. The van der Waals surface area contributed by atoms with E-state index in [0.717, 1.165) is 28.5 Å². The lowest BCUT2D eigenvalue weighted by Crippen LogP contribution is -2.37. The van der Waals surface area contributed by atoms with Gasteiger partial charge in [-0.05, 0) is 31.9 Å². The summed E-state index contributed by atoms with van der Waals surface area (Å²) in [5, 5.41) is 2.80. The van der Waals surface area contributed by atoms with E-state index in [2.05, 4.69) is 31.8 Å². The summed E-state index contributed by atoms with van der Waals surface area (Å²) >= 11 is 1.55. The van der Waals surface area contributed by atoms with Crippen LogP contribution in [0.2, 0.25) is 0 Å². The maximum Gasteiger partial charge on any atom is 0.339 e. The first-order valence-corrected chi connectivity index (χ1v) is 9.74. The Hall–Kier alpha value is -1.83. The monoisotopic (exact) mass is 354 g/mol. The van der Waals surface area contributed by atoms with Crippen molar-refractivity contribution in [1.29, 1.82) is 0 Å². The Labute approximate surface area is 152 Å². The van der Waals surface area contributed by atoms with Crippen LogP contribution >= 0.6 is 11.3 Å². The molecule has 25 heavy (non-hydrogen) atoms. The molecule has 1 aromatic heterocycles. The molecule has 1 aliphatic heterocycles. The molecule has 2 atom stereocenters. The third kappa shape index (κ3) is 2.67. The average molecular weight is 354 g/mol. The zero-order valence-corrected chi connectivity index (χ0v) is 15.7. The van der Waals surface area contributed by atoms with Crippen LogP contribution in [-0.4, -0.2) is 24.3 Å². The number of hydrogen-bond acceptors (Lipinski definition) is 4. The van der Waals surface area contributed by atoms with Crippen LogP contribution in [0.25, 0.3) is 10.1 Å². The Morgan fingerprint density at radius 3 is 3.04 bits per heavy atom. The lowest BCUT2D eigenvalue weighted by atomic mass is 9.69. The Morgan fingerprint density at radius 1 is 1.44 bits per heavy atom. The number of carbonyl (C=O) groups excluding carboxylic acids is 1. The average Bonchev–Trinajstić information content (AvgIpc) is 3.16. The molecule has 2 unspecified atom stereocenters. The molecule has 1 aromatic carbocycles. The van der Waals surface area contributed by atoms with E-state index in [0.29, 0.717) is 18.3 Å². The number of rotatable bonds is 2. The summed E-state index contributed by atoms with van der Waals surface area (Å²) in [6, 6.07) is 6.01. The fourth-order valence-corrected chi connectivity index (χ4v) is 4.85. The summed E-state index contributed by atoms with van der Waals surface area (Å²) < 4.78 is 12.2. The third-order valence-corrected chi connectivity index (χ3v) is 6.41. The minimum atomic E-state index is -0.272. The maximum absolute atomic E-state index is 12.0. The van der Waals surface area contributed by atoms with Gasteiger partial charge in [-0.25, -0.2) is 4.79 Å². The van der Waals surface area contributed by atoms with Crippen molar-refractivity contribution in [2.24, 2.45) is 5.41 Å². The van der Waals surface area contributed by atoms with Gasteiger partial charge in [-0.15, -0.1) is 11.3 Å². The number of esters is 1. The first kappa shape index (κ1) is 16.6. The zero-order chi connectivity index (χ0) is 17.7. The van der Waals surface area contributed by atoms with Crippen molar-refractivity contribution in [3.8, 4) is 11.8 Å². The van der Waals surface area contributed by atoms with Gasteiger partial charge < -0.3 is 9.47 Å². The number of fused-ring (bicyclic) bond motifs is 2. The van der Waals surface area contributed by atoms with Crippen LogP contribution in [0.4, 0.5) is 0 Å². The molecule has 2 aromatic rings. The molecule has 2 aliphatic rings. The quantitative estimate of drug-likeness (QED) is 0.443. The standard InChI is InChI=1S/C21H22O3S/c1-4-23-19(22)16-13-25-17-12-14(7-8-15(16)17)9-11-21-18(24-21)6-5-10-20(21,2)3/h7-8,12-13,18H,4-6,10H2,1-3H3. The second-order valence-corrected chi connectivity index (χ2v) is 8.36. The van der Waals surface area contributed by atoms with Gasteiger partial charge in [0.15, 0.2) is 5.60 Å². The highest BCUT2D eigenvalue weighted by molar-refractivity contribution is 7.17. The van der Waals surface area contributed by atoms with Gasteiger partial charge in [0.1, 0.15) is 6.10 Å². The summed E-state index contributed by atoms with van der Waals surface area (Å²) in [5.41, 5.74) is 1.44. The van der Waals surface area contributed by atoms with Crippen LogP contribution in [0.5, 0.6) is 0 Å². The smallest absolute Gasteiger partial charge is 0.339 e. The third-order valence-electron chi connectivity index (χ3n) is 5.46. The van der Waals surface area contributed by atoms with Gasteiger partial charge >= 0.3 is 5.97 Å². The molecule has 3 nitrogen and oxygen atoms in total. The van der Waals surface area contributed by atoms with Gasteiger partial charge in [0.25, 0.3) is 0 Å². The summed E-state index contributed by atoms with van der Waals surface area (Å²) in [6.45, 7) is 6.72. The van der Waals surface area contributed by atoms with Crippen molar-refractivity contribution >= 4 is 27.4 Å². The number of epoxide rings is 1. The summed E-state index contributed by atoms with van der Waals surface area (Å²) in [7, 11) is 0. The zero-order valence-electron chi connectivity index (χ0n) is 14.8. The molecule has 1 saturated carbocycles. The van der Waals surface area contributed by atoms with Gasteiger partial charge in [0, 0.05) is 26.4 Å². The molecule has 2 fully saturated rings. The molecule has 4 rings (SSSR count). The van der Waals surface area contributed by atoms with E-state index in [1.54, 1.807) is 11.3 Å². The summed E-state index contributed by atoms with van der Waals surface area (Å²) in [4.78, 5) is 12.0. The highest BCUT2D eigenvalue weighted by atomic mass is 32.1. The molecule has 1 aliphatic carbocycles. The highest BCUT2D eigenvalue weighted by Crippen LogP contribution is 2.57. The number of hydrogen-bond donors (Lipinski definition) is 0. The van der Waals surface area contributed by atoms with E-state index in [9.17, 15) is 4.79 Å². The Balaban J connectivity index is 1.63. The topological polar surface area (TPSA) is 38.8 Å². The molecule has 0 bridgehead atoms. The Morgan fingerprint density at radius 2 is 2.28 bits per heavy atom. The van der Waals surface area contributed by atoms with Crippen molar-refractivity contribution in [3.63, 3.8) is 0 Å². The molecular weight excluding hydrogens is 332 g/mol. The van der Waals surface area contributed by atoms with E-state index in [1.165, 1.54) is 6.42 Å². The van der Waals surface area contributed by atoms with Crippen LogP contribution in [0.1, 0.15) is 56.0 Å². The maximum atomic E-state index is 12.0. The van der Waals surface area contributed by atoms with Crippen molar-refractivity contribution in [2.45, 2.75) is 51.7 Å². The second-order valence-electron chi connectivity index (χ2n) is 7.45. The molecular formula is C21H22O3S. The molecule has 0 spiro atoms. The molecule has 2 heterocycles. The van der Waals surface area contributed by atoms with Crippen molar-refractivity contribution < 1.29 is 14.3 Å². The number of benzene rings is 1. The number of carbonyl (C=O) groups is 1. The Bertz CT molecular complexity index is 899. The van der Waals surface area contributed by atoms with Crippen molar-refractivity contribution in [3.05, 3.63) is 34.7 Å². The second kappa shape index (κ2) is 5.86. The molecule has 4 heteroatoms. The SMILES string of the molecule is CCOC(=O)c1csc2cc(C#CC34OC3CCCC4(C)C)ccc12. The van der Waals surface area contributed by atoms with E-state index in [4.69, 9.17) is 9.47 Å². The predicted molar refractivity (Wildman–Crippen MR) is 99.9 cm³/mol. The normalized spacial score (nSPS) is 26.4. The first-order valence-electron chi connectivity index (χ1n) is 8.86. The molecule has 0 amide bonds. The van der Waals surface area contributed by atoms with Gasteiger partial charge in [-0.1, -0.05) is 38.2 Å². The van der Waals surface area contributed by atoms with Crippen LogP contribution in [-0.2, 0) is 9.47 Å². The summed E-state index contributed by atoms with van der Waals surface area (Å²) in [5.74, 6) is 6.50. The fraction of sp³-hybridized carbons (Fsp3) is 0.476. The molecule has 1 saturated heterocycles. The first-order chi connectivity index (χ1) is 12.0. The lowest BCUT2D eigenvalue weighted by molar-refractivity contribution is 0.0529. The Kier molecular flexibility index (Phi) is 3.90. The van der Waals surface area contributed by atoms with Crippen LogP contribution < -0.4 is 0 Å². The van der Waals surface area contributed by atoms with Crippen molar-refractivity contribution in [1.82, 2.24) is 0 Å². The van der Waals surface area contributed by atoms with Crippen LogP contribution in [0, 0.1) is 17.3 Å². The van der Waals surface area contributed by atoms with Crippen LogP contribution in [0.3, 0.4) is 0 Å². The lowest BCUT2D eigenvalue weighted by Gasteiger charge is -2.32. The minimum Gasteiger partial charge on any atom is -0.462 e. The van der Waals surface area contributed by atoms with Gasteiger partial charge in [0.2, 0.25) is 0 Å². The van der Waals surface area contributed by atoms with Gasteiger partial charge in [-0.2, -0.15) is 0 Å². The molecule has 130 valence electrons. The van der Waals surface area contributed by atoms with Gasteiger partial charge in [0.05, 0.1) is 12.2 Å². The molecule has 0 radical (unpaired) electrons. The summed E-state index contributed by atoms with van der Waals surface area (Å²) in [6.07, 6.45) is 3.79. The number of ether oxygens (including phenoxy) is 2. The van der Waals surface area contributed by atoms with E-state index >= 15 is 0 Å². The van der Waals surface area contributed by atoms with E-state index in [-0.39, 0.29) is 17.0 Å². The fourth-order valence-electron chi connectivity index (χ4n) is 3.88. The molecule has 0 N–H and O–H groups in total. The van der Waals surface area contributed by atoms with Crippen molar-refractivity contribution in [2.75, 3.05) is 6.61 Å². The van der Waals surface area contributed by atoms with Gasteiger partial charge in [-0.3, -0.25) is 0 Å². The van der Waals surface area contributed by atoms with Crippen LogP contribution in [0.15, 0.2) is 23.6 Å². The number of thiophene rings is 1. The van der Waals surface area contributed by atoms with E-state index in [1.807, 2.05) is 24.4 Å².